The number of rotatable bonds is 4. The van der Waals surface area contributed by atoms with Crippen LogP contribution in [0, 0.1) is 19.8 Å². The molecule has 1 saturated carbocycles. The second-order valence-corrected chi connectivity index (χ2v) is 7.77. The molecule has 2 N–H and O–H groups in total. The van der Waals surface area contributed by atoms with Gasteiger partial charge in [0.25, 0.3) is 0 Å². The third kappa shape index (κ3) is 3.49. The number of nitrogens with one attached hydrogen (secondary N) is 2. The topological polar surface area (TPSA) is 66.9 Å². The van der Waals surface area contributed by atoms with Crippen LogP contribution < -0.4 is 10.6 Å². The van der Waals surface area contributed by atoms with Gasteiger partial charge in [0.1, 0.15) is 0 Å². The number of thiazole rings is 1. The highest BCUT2D eigenvalue weighted by Crippen LogP contribution is 2.41. The van der Waals surface area contributed by atoms with Gasteiger partial charge in [-0.05, 0) is 62.4 Å². The predicted octanol–water partition coefficient (Wildman–Crippen LogP) is 4.58. The van der Waals surface area contributed by atoms with Crippen LogP contribution in [-0.2, 0) is 0 Å². The Morgan fingerprint density at radius 1 is 1.28 bits per heavy atom. The van der Waals surface area contributed by atoms with E-state index in [0.29, 0.717) is 5.92 Å². The van der Waals surface area contributed by atoms with Crippen molar-refractivity contribution in [2.45, 2.75) is 32.7 Å². The number of anilines is 1. The number of carbonyl (C=O) groups is 1. The SMILES string of the molecule is Cc1nc2cc(NC(=O)N[C@H](c3ncccc3C)C3CC3)ccc2s1. The largest absolute Gasteiger partial charge is 0.329 e. The summed E-state index contributed by atoms with van der Waals surface area (Å²) in [6.07, 6.45) is 4.05. The monoisotopic (exact) mass is 352 g/mol. The molecule has 0 bridgehead atoms. The van der Waals surface area contributed by atoms with Gasteiger partial charge in [0.15, 0.2) is 0 Å². The number of nitrogens with zero attached hydrogens (tertiary/aromatic N) is 2. The highest BCUT2D eigenvalue weighted by Gasteiger charge is 2.35. The van der Waals surface area contributed by atoms with E-state index in [1.54, 1.807) is 17.5 Å². The van der Waals surface area contributed by atoms with Crippen molar-refractivity contribution >= 4 is 33.3 Å². The first-order valence-corrected chi connectivity index (χ1v) is 9.28. The second kappa shape index (κ2) is 6.44. The summed E-state index contributed by atoms with van der Waals surface area (Å²) in [5.41, 5.74) is 3.74. The van der Waals surface area contributed by atoms with Gasteiger partial charge in [-0.15, -0.1) is 11.3 Å². The Kier molecular flexibility index (Phi) is 4.13. The molecule has 1 aliphatic rings. The third-order valence-electron chi connectivity index (χ3n) is 4.48. The highest BCUT2D eigenvalue weighted by atomic mass is 32.1. The zero-order valence-corrected chi connectivity index (χ0v) is 15.1. The maximum atomic E-state index is 12.5. The number of amides is 2. The van der Waals surface area contributed by atoms with Crippen molar-refractivity contribution in [1.82, 2.24) is 15.3 Å². The lowest BCUT2D eigenvalue weighted by Crippen LogP contribution is -2.34. The highest BCUT2D eigenvalue weighted by molar-refractivity contribution is 7.18. The fourth-order valence-corrected chi connectivity index (χ4v) is 3.90. The van der Waals surface area contributed by atoms with E-state index in [0.717, 1.165) is 45.0 Å². The number of pyridine rings is 1. The van der Waals surface area contributed by atoms with Crippen LogP contribution in [0.1, 0.15) is 35.1 Å². The van der Waals surface area contributed by atoms with E-state index in [9.17, 15) is 4.79 Å². The Morgan fingerprint density at radius 3 is 2.88 bits per heavy atom. The fraction of sp³-hybridized carbons (Fsp3) is 0.316. The number of carbonyl (C=O) groups excluding carboxylic acids is 1. The summed E-state index contributed by atoms with van der Waals surface area (Å²) < 4.78 is 1.13. The maximum absolute atomic E-state index is 12.5. The smallest absolute Gasteiger partial charge is 0.319 e. The second-order valence-electron chi connectivity index (χ2n) is 6.53. The summed E-state index contributed by atoms with van der Waals surface area (Å²) in [6, 6.07) is 9.55. The van der Waals surface area contributed by atoms with Crippen molar-refractivity contribution in [3.05, 3.63) is 52.8 Å². The van der Waals surface area contributed by atoms with E-state index in [1.807, 2.05) is 44.2 Å². The van der Waals surface area contributed by atoms with Crippen LogP contribution in [0.4, 0.5) is 10.5 Å². The van der Waals surface area contributed by atoms with Crippen molar-refractivity contribution in [2.75, 3.05) is 5.32 Å². The van der Waals surface area contributed by atoms with Gasteiger partial charge in [-0.1, -0.05) is 6.07 Å². The Balaban J connectivity index is 1.50. The fourth-order valence-electron chi connectivity index (χ4n) is 3.09. The molecule has 5 nitrogen and oxygen atoms in total. The molecule has 0 unspecified atom stereocenters. The molecule has 128 valence electrons. The molecule has 2 amide bonds. The summed E-state index contributed by atoms with van der Waals surface area (Å²) >= 11 is 1.65. The molecule has 0 spiro atoms. The number of aromatic nitrogens is 2. The molecule has 0 aliphatic heterocycles. The minimum atomic E-state index is -0.201. The average Bonchev–Trinajstić information content (AvgIpc) is 3.35. The van der Waals surface area contributed by atoms with Crippen molar-refractivity contribution in [1.29, 1.82) is 0 Å². The molecule has 4 rings (SSSR count). The van der Waals surface area contributed by atoms with Crippen molar-refractivity contribution in [3.8, 4) is 0 Å². The first kappa shape index (κ1) is 16.0. The summed E-state index contributed by atoms with van der Waals surface area (Å²) in [5.74, 6) is 0.475. The zero-order chi connectivity index (χ0) is 17.4. The lowest BCUT2D eigenvalue weighted by atomic mass is 10.0. The van der Waals surface area contributed by atoms with Gasteiger partial charge in [-0.3, -0.25) is 4.98 Å². The predicted molar refractivity (Wildman–Crippen MR) is 101 cm³/mol. The number of urea groups is 1. The molecule has 2 aromatic heterocycles. The van der Waals surface area contributed by atoms with Crippen LogP contribution in [0.3, 0.4) is 0 Å². The zero-order valence-electron chi connectivity index (χ0n) is 14.2. The molecule has 0 saturated heterocycles. The molecule has 1 fully saturated rings. The Morgan fingerprint density at radius 2 is 2.12 bits per heavy atom. The Labute approximate surface area is 150 Å². The standard InChI is InChI=1S/C19H20N4OS/c1-11-4-3-9-20-17(11)18(13-5-6-13)23-19(24)22-14-7-8-16-15(10-14)21-12(2)25-16/h3-4,7-10,13,18H,5-6H2,1-2H3,(H2,22,23,24)/t18-/m0/s1. The van der Waals surface area contributed by atoms with Crippen LogP contribution >= 0.6 is 11.3 Å². The van der Waals surface area contributed by atoms with Crippen molar-refractivity contribution in [2.24, 2.45) is 5.92 Å². The van der Waals surface area contributed by atoms with Crippen LogP contribution in [0.15, 0.2) is 36.5 Å². The van der Waals surface area contributed by atoms with Gasteiger partial charge in [0.05, 0.1) is 27.0 Å². The minimum absolute atomic E-state index is 0.0357. The molecule has 0 radical (unpaired) electrons. The van der Waals surface area contributed by atoms with Crippen LogP contribution in [0.2, 0.25) is 0 Å². The number of benzene rings is 1. The van der Waals surface area contributed by atoms with E-state index in [1.165, 1.54) is 0 Å². The molecule has 1 aromatic carbocycles. The number of fused-ring (bicyclic) bond motifs is 1. The van der Waals surface area contributed by atoms with E-state index < -0.39 is 0 Å². The summed E-state index contributed by atoms with van der Waals surface area (Å²) in [7, 11) is 0. The lowest BCUT2D eigenvalue weighted by Gasteiger charge is -2.20. The van der Waals surface area contributed by atoms with Gasteiger partial charge in [0, 0.05) is 11.9 Å². The van der Waals surface area contributed by atoms with Crippen LogP contribution in [0.5, 0.6) is 0 Å². The molecular formula is C19H20N4OS. The Bertz CT molecular complexity index is 932. The summed E-state index contributed by atoms with van der Waals surface area (Å²) in [4.78, 5) is 21.5. The van der Waals surface area contributed by atoms with Gasteiger partial charge >= 0.3 is 6.03 Å². The summed E-state index contributed by atoms with van der Waals surface area (Å²) in [5, 5.41) is 7.06. The minimum Gasteiger partial charge on any atom is -0.329 e. The van der Waals surface area contributed by atoms with Crippen LogP contribution in [-0.4, -0.2) is 16.0 Å². The first-order valence-electron chi connectivity index (χ1n) is 8.46. The van der Waals surface area contributed by atoms with E-state index in [4.69, 9.17) is 0 Å². The molecular weight excluding hydrogens is 332 g/mol. The molecule has 6 heteroatoms. The maximum Gasteiger partial charge on any atom is 0.319 e. The van der Waals surface area contributed by atoms with E-state index >= 15 is 0 Å². The van der Waals surface area contributed by atoms with Gasteiger partial charge in [0.2, 0.25) is 0 Å². The van der Waals surface area contributed by atoms with Gasteiger partial charge in [-0.2, -0.15) is 0 Å². The molecule has 25 heavy (non-hydrogen) atoms. The van der Waals surface area contributed by atoms with E-state index in [-0.39, 0.29) is 12.1 Å². The molecule has 2 heterocycles. The Hall–Kier alpha value is -2.47. The van der Waals surface area contributed by atoms with E-state index in [2.05, 4.69) is 20.6 Å². The lowest BCUT2D eigenvalue weighted by molar-refractivity contribution is 0.246. The number of hydrogen-bond donors (Lipinski definition) is 2. The third-order valence-corrected chi connectivity index (χ3v) is 5.43. The molecule has 3 aromatic rings. The van der Waals surface area contributed by atoms with Crippen molar-refractivity contribution in [3.63, 3.8) is 0 Å². The molecule has 1 atom stereocenters. The molecule has 1 aliphatic carbocycles. The average molecular weight is 352 g/mol. The van der Waals surface area contributed by atoms with Crippen LogP contribution in [0.25, 0.3) is 10.2 Å². The number of aryl methyl sites for hydroxylation is 2. The van der Waals surface area contributed by atoms with Crippen molar-refractivity contribution < 1.29 is 4.79 Å². The normalized spacial score (nSPS) is 15.1. The van der Waals surface area contributed by atoms with Gasteiger partial charge < -0.3 is 10.6 Å². The van der Waals surface area contributed by atoms with Gasteiger partial charge in [-0.25, -0.2) is 9.78 Å². The number of hydrogen-bond acceptors (Lipinski definition) is 4. The summed E-state index contributed by atoms with van der Waals surface area (Å²) in [6.45, 7) is 4.02. The quantitative estimate of drug-likeness (QED) is 0.722. The first-order chi connectivity index (χ1) is 12.1.